The van der Waals surface area contributed by atoms with Gasteiger partial charge in [-0.15, -0.1) is 11.3 Å². The van der Waals surface area contributed by atoms with Crippen LogP contribution in [0.2, 0.25) is 0 Å². The summed E-state index contributed by atoms with van der Waals surface area (Å²) in [7, 11) is 0. The molecule has 0 fully saturated rings. The zero-order valence-electron chi connectivity index (χ0n) is 11.4. The molecule has 0 saturated heterocycles. The van der Waals surface area contributed by atoms with Crippen LogP contribution in [0.1, 0.15) is 30.6 Å². The van der Waals surface area contributed by atoms with Gasteiger partial charge in [0.1, 0.15) is 0 Å². The third-order valence-electron chi connectivity index (χ3n) is 3.21. The van der Waals surface area contributed by atoms with E-state index in [4.69, 9.17) is 0 Å². The van der Waals surface area contributed by atoms with Gasteiger partial charge in [0.2, 0.25) is 0 Å². The van der Waals surface area contributed by atoms with Gasteiger partial charge in [-0.2, -0.15) is 10.2 Å². The standard InChI is InChI=1S/C14H17N5S/c1-2-4-15-13(11-3-5-16-17-9-11)8-12-10-19-6-7-20-14(19)18-12/h3,5-7,9-10,13,15H,2,4,8H2,1H3. The zero-order valence-corrected chi connectivity index (χ0v) is 12.2. The fourth-order valence-electron chi connectivity index (χ4n) is 2.22. The van der Waals surface area contributed by atoms with Gasteiger partial charge in [0.15, 0.2) is 4.96 Å². The van der Waals surface area contributed by atoms with Gasteiger partial charge in [-0.05, 0) is 24.6 Å². The zero-order chi connectivity index (χ0) is 13.8. The summed E-state index contributed by atoms with van der Waals surface area (Å²) >= 11 is 1.66. The average Bonchev–Trinajstić information content (AvgIpc) is 3.05. The van der Waals surface area contributed by atoms with Crippen molar-refractivity contribution in [1.82, 2.24) is 24.9 Å². The Morgan fingerprint density at radius 3 is 3.10 bits per heavy atom. The number of aromatic nitrogens is 4. The molecule has 3 rings (SSSR count). The lowest BCUT2D eigenvalue weighted by molar-refractivity contribution is 0.523. The number of thiazole rings is 1. The van der Waals surface area contributed by atoms with E-state index in [-0.39, 0.29) is 6.04 Å². The van der Waals surface area contributed by atoms with Crippen molar-refractivity contribution >= 4 is 16.3 Å². The smallest absolute Gasteiger partial charge is 0.193 e. The molecule has 20 heavy (non-hydrogen) atoms. The van der Waals surface area contributed by atoms with E-state index in [1.807, 2.05) is 23.8 Å². The van der Waals surface area contributed by atoms with Crippen molar-refractivity contribution in [3.05, 3.63) is 47.5 Å². The average molecular weight is 287 g/mol. The fraction of sp³-hybridized carbons (Fsp3) is 0.357. The normalized spacial score (nSPS) is 12.8. The maximum absolute atomic E-state index is 4.65. The molecule has 5 nitrogen and oxygen atoms in total. The molecule has 0 aromatic carbocycles. The second-order valence-corrected chi connectivity index (χ2v) is 5.58. The minimum Gasteiger partial charge on any atom is -0.310 e. The van der Waals surface area contributed by atoms with Crippen LogP contribution in [0.3, 0.4) is 0 Å². The van der Waals surface area contributed by atoms with Gasteiger partial charge < -0.3 is 5.32 Å². The van der Waals surface area contributed by atoms with Gasteiger partial charge in [-0.1, -0.05) is 6.92 Å². The van der Waals surface area contributed by atoms with E-state index in [2.05, 4.69) is 38.0 Å². The largest absolute Gasteiger partial charge is 0.310 e. The van der Waals surface area contributed by atoms with Crippen molar-refractivity contribution in [1.29, 1.82) is 0 Å². The topological polar surface area (TPSA) is 55.1 Å². The summed E-state index contributed by atoms with van der Waals surface area (Å²) in [5, 5.41) is 13.4. The summed E-state index contributed by atoms with van der Waals surface area (Å²) in [6.45, 7) is 3.15. The first-order valence-electron chi connectivity index (χ1n) is 6.78. The van der Waals surface area contributed by atoms with E-state index in [0.29, 0.717) is 0 Å². The molecule has 1 unspecified atom stereocenters. The van der Waals surface area contributed by atoms with E-state index >= 15 is 0 Å². The molecule has 0 amide bonds. The van der Waals surface area contributed by atoms with Crippen LogP contribution in [0.15, 0.2) is 36.2 Å². The Balaban J connectivity index is 1.80. The molecule has 6 heteroatoms. The Hall–Kier alpha value is -1.79. The van der Waals surface area contributed by atoms with E-state index in [9.17, 15) is 0 Å². The van der Waals surface area contributed by atoms with Gasteiger partial charge in [0, 0.05) is 36.4 Å². The van der Waals surface area contributed by atoms with Gasteiger partial charge in [0.05, 0.1) is 11.9 Å². The minimum absolute atomic E-state index is 0.232. The predicted octanol–water partition coefficient (Wildman–Crippen LogP) is 2.47. The molecule has 0 aliphatic rings. The number of fused-ring (bicyclic) bond motifs is 1. The summed E-state index contributed by atoms with van der Waals surface area (Å²) in [5.41, 5.74) is 2.26. The summed E-state index contributed by atoms with van der Waals surface area (Å²) in [4.78, 5) is 5.70. The van der Waals surface area contributed by atoms with Crippen molar-refractivity contribution in [3.63, 3.8) is 0 Å². The highest BCUT2D eigenvalue weighted by molar-refractivity contribution is 7.15. The van der Waals surface area contributed by atoms with E-state index < -0.39 is 0 Å². The Morgan fingerprint density at radius 1 is 1.40 bits per heavy atom. The van der Waals surface area contributed by atoms with Crippen LogP contribution in [-0.2, 0) is 6.42 Å². The van der Waals surface area contributed by atoms with Crippen molar-refractivity contribution in [2.45, 2.75) is 25.8 Å². The van der Waals surface area contributed by atoms with Crippen molar-refractivity contribution in [2.75, 3.05) is 6.54 Å². The number of hydrogen-bond acceptors (Lipinski definition) is 5. The summed E-state index contributed by atoms with van der Waals surface area (Å²) in [5.74, 6) is 0. The molecule has 104 valence electrons. The molecular weight excluding hydrogens is 270 g/mol. The summed E-state index contributed by atoms with van der Waals surface area (Å²) in [6, 6.07) is 2.24. The lowest BCUT2D eigenvalue weighted by Crippen LogP contribution is -2.24. The van der Waals surface area contributed by atoms with Gasteiger partial charge in [-0.25, -0.2) is 4.98 Å². The second-order valence-electron chi connectivity index (χ2n) is 4.71. The Labute approximate surface area is 121 Å². The Kier molecular flexibility index (Phi) is 4.03. The second kappa shape index (κ2) is 6.11. The third-order valence-corrected chi connectivity index (χ3v) is 3.98. The molecule has 0 spiro atoms. The highest BCUT2D eigenvalue weighted by Crippen LogP contribution is 2.19. The lowest BCUT2D eigenvalue weighted by atomic mass is 10.0. The number of nitrogens with one attached hydrogen (secondary N) is 1. The molecule has 3 aromatic rings. The van der Waals surface area contributed by atoms with E-state index in [0.717, 1.165) is 35.6 Å². The SMILES string of the molecule is CCCNC(Cc1cn2ccsc2n1)c1ccnnc1. The van der Waals surface area contributed by atoms with Crippen LogP contribution in [0.4, 0.5) is 0 Å². The first-order valence-corrected chi connectivity index (χ1v) is 7.66. The van der Waals surface area contributed by atoms with Crippen LogP contribution in [0.25, 0.3) is 4.96 Å². The van der Waals surface area contributed by atoms with Crippen LogP contribution in [0, 0.1) is 0 Å². The van der Waals surface area contributed by atoms with Gasteiger partial charge >= 0.3 is 0 Å². The Bertz CT molecular complexity index is 632. The molecule has 0 aliphatic carbocycles. The first kappa shape index (κ1) is 13.2. The molecule has 0 aliphatic heterocycles. The van der Waals surface area contributed by atoms with E-state index in [1.54, 1.807) is 17.5 Å². The number of nitrogens with zero attached hydrogens (tertiary/aromatic N) is 4. The van der Waals surface area contributed by atoms with Crippen molar-refractivity contribution in [3.8, 4) is 0 Å². The van der Waals surface area contributed by atoms with Crippen molar-refractivity contribution in [2.24, 2.45) is 0 Å². The highest BCUT2D eigenvalue weighted by Gasteiger charge is 2.14. The maximum atomic E-state index is 4.65. The van der Waals surface area contributed by atoms with Crippen molar-refractivity contribution < 1.29 is 0 Å². The molecule has 0 bridgehead atoms. The number of rotatable bonds is 6. The first-order chi connectivity index (χ1) is 9.86. The summed E-state index contributed by atoms with van der Waals surface area (Å²) < 4.78 is 2.07. The number of imidazole rings is 1. The maximum Gasteiger partial charge on any atom is 0.193 e. The van der Waals surface area contributed by atoms with Crippen LogP contribution in [-0.4, -0.2) is 26.1 Å². The molecule has 1 atom stereocenters. The molecule has 3 aromatic heterocycles. The number of hydrogen-bond donors (Lipinski definition) is 1. The van der Waals surface area contributed by atoms with Gasteiger partial charge in [0.25, 0.3) is 0 Å². The molecule has 0 saturated carbocycles. The fourth-order valence-corrected chi connectivity index (χ4v) is 2.94. The Morgan fingerprint density at radius 2 is 2.35 bits per heavy atom. The van der Waals surface area contributed by atoms with Crippen LogP contribution >= 0.6 is 11.3 Å². The summed E-state index contributed by atoms with van der Waals surface area (Å²) in [6.07, 6.45) is 9.67. The van der Waals surface area contributed by atoms with E-state index in [1.165, 1.54) is 0 Å². The van der Waals surface area contributed by atoms with Crippen LogP contribution < -0.4 is 5.32 Å². The minimum atomic E-state index is 0.232. The lowest BCUT2D eigenvalue weighted by Gasteiger charge is -2.17. The molecular formula is C14H17N5S. The molecule has 1 N–H and O–H groups in total. The molecule has 3 heterocycles. The predicted molar refractivity (Wildman–Crippen MR) is 79.8 cm³/mol. The van der Waals surface area contributed by atoms with Crippen LogP contribution in [0.5, 0.6) is 0 Å². The highest BCUT2D eigenvalue weighted by atomic mass is 32.1. The monoisotopic (exact) mass is 287 g/mol. The van der Waals surface area contributed by atoms with Gasteiger partial charge in [-0.3, -0.25) is 4.40 Å². The molecule has 0 radical (unpaired) electrons. The quantitative estimate of drug-likeness (QED) is 0.756. The third kappa shape index (κ3) is 2.86.